The molecule has 0 fully saturated rings. The van der Waals surface area contributed by atoms with Gasteiger partial charge >= 0.3 is 0 Å². The van der Waals surface area contributed by atoms with Crippen molar-refractivity contribution < 1.29 is 4.52 Å². The summed E-state index contributed by atoms with van der Waals surface area (Å²) in [6, 6.07) is 12.1. The van der Waals surface area contributed by atoms with E-state index in [0.29, 0.717) is 0 Å². The lowest BCUT2D eigenvalue weighted by Gasteiger charge is -2.04. The molecule has 20 heavy (non-hydrogen) atoms. The second kappa shape index (κ2) is 5.73. The van der Waals surface area contributed by atoms with Crippen LogP contribution in [0.3, 0.4) is 0 Å². The Bertz CT molecular complexity index is 704. The minimum Gasteiger partial charge on any atom is -0.398 e. The third kappa shape index (κ3) is 2.89. The molecule has 0 radical (unpaired) electrons. The maximum absolute atomic E-state index is 5.97. The highest BCUT2D eigenvalue weighted by atomic mass is 32.2. The second-order valence-electron chi connectivity index (χ2n) is 4.49. The fourth-order valence-electron chi connectivity index (χ4n) is 1.83. The van der Waals surface area contributed by atoms with Gasteiger partial charge in [-0.2, -0.15) is 0 Å². The van der Waals surface area contributed by atoms with Gasteiger partial charge in [-0.3, -0.25) is 0 Å². The molecule has 0 aliphatic heterocycles. The molecule has 0 aliphatic carbocycles. The molecule has 3 aromatic rings. The Morgan fingerprint density at radius 2 is 2.20 bits per heavy atom. The van der Waals surface area contributed by atoms with E-state index in [1.807, 2.05) is 35.7 Å². The number of aryl methyl sites for hydroxylation is 1. The highest BCUT2D eigenvalue weighted by Crippen LogP contribution is 2.31. The summed E-state index contributed by atoms with van der Waals surface area (Å²) in [5, 5.41) is 6.14. The summed E-state index contributed by atoms with van der Waals surface area (Å²) in [4.78, 5) is 2.19. The Labute approximate surface area is 125 Å². The van der Waals surface area contributed by atoms with Crippen molar-refractivity contribution in [1.29, 1.82) is 0 Å². The summed E-state index contributed by atoms with van der Waals surface area (Å²) in [6.07, 6.45) is 0. The van der Waals surface area contributed by atoms with Crippen LogP contribution >= 0.6 is 23.1 Å². The van der Waals surface area contributed by atoms with E-state index in [9.17, 15) is 0 Å². The molecule has 0 saturated carbocycles. The molecule has 0 unspecified atom stereocenters. The van der Waals surface area contributed by atoms with Crippen LogP contribution in [0.25, 0.3) is 10.6 Å². The van der Waals surface area contributed by atoms with Gasteiger partial charge in [0.15, 0.2) is 5.76 Å². The van der Waals surface area contributed by atoms with Crippen molar-refractivity contribution in [2.45, 2.75) is 17.6 Å². The number of nitrogen functional groups attached to an aromatic ring is 1. The van der Waals surface area contributed by atoms with Gasteiger partial charge in [0, 0.05) is 22.4 Å². The summed E-state index contributed by atoms with van der Waals surface area (Å²) < 4.78 is 5.37. The van der Waals surface area contributed by atoms with Crippen LogP contribution in [0.5, 0.6) is 0 Å². The largest absolute Gasteiger partial charge is 0.398 e. The van der Waals surface area contributed by atoms with E-state index in [1.165, 1.54) is 5.56 Å². The smallest absolute Gasteiger partial charge is 0.177 e. The quantitative estimate of drug-likeness (QED) is 0.566. The molecule has 2 N–H and O–H groups in total. The predicted molar refractivity (Wildman–Crippen MR) is 85.0 cm³/mol. The van der Waals surface area contributed by atoms with Gasteiger partial charge in [0.2, 0.25) is 0 Å². The number of nitrogens with two attached hydrogens (primary N) is 1. The number of nitrogens with zero attached hydrogens (tertiary/aromatic N) is 1. The van der Waals surface area contributed by atoms with E-state index in [-0.39, 0.29) is 0 Å². The van der Waals surface area contributed by atoms with E-state index in [4.69, 9.17) is 10.3 Å². The number of hydrogen-bond acceptors (Lipinski definition) is 5. The molecule has 0 atom stereocenters. The van der Waals surface area contributed by atoms with Crippen molar-refractivity contribution >= 4 is 28.8 Å². The molecule has 102 valence electrons. The fourth-order valence-corrected chi connectivity index (χ4v) is 3.45. The zero-order valence-electron chi connectivity index (χ0n) is 11.0. The van der Waals surface area contributed by atoms with Crippen molar-refractivity contribution in [2.75, 3.05) is 5.73 Å². The highest BCUT2D eigenvalue weighted by molar-refractivity contribution is 7.98. The fraction of sp³-hybridized carbons (Fsp3) is 0.133. The monoisotopic (exact) mass is 302 g/mol. The highest BCUT2D eigenvalue weighted by Gasteiger charge is 2.09. The normalized spacial score (nSPS) is 10.8. The van der Waals surface area contributed by atoms with Crippen LogP contribution in [0, 0.1) is 6.92 Å². The first-order valence-electron chi connectivity index (χ1n) is 6.21. The molecule has 0 bridgehead atoms. The van der Waals surface area contributed by atoms with Crippen LogP contribution in [-0.4, -0.2) is 5.16 Å². The van der Waals surface area contributed by atoms with Crippen molar-refractivity contribution in [3.63, 3.8) is 0 Å². The van der Waals surface area contributed by atoms with Gasteiger partial charge in [-0.05, 0) is 36.1 Å². The summed E-state index contributed by atoms with van der Waals surface area (Å²) >= 11 is 3.33. The number of hydrogen-bond donors (Lipinski definition) is 1. The molecule has 5 heteroatoms. The predicted octanol–water partition coefficient (Wildman–Crippen LogP) is 4.59. The van der Waals surface area contributed by atoms with Gasteiger partial charge in [-0.15, -0.1) is 23.1 Å². The van der Waals surface area contributed by atoms with Crippen LogP contribution < -0.4 is 5.73 Å². The number of thiophene rings is 1. The van der Waals surface area contributed by atoms with E-state index < -0.39 is 0 Å². The van der Waals surface area contributed by atoms with Crippen molar-refractivity contribution in [3.05, 3.63) is 53.0 Å². The first kappa shape index (κ1) is 13.3. The van der Waals surface area contributed by atoms with Crippen LogP contribution in [0.4, 0.5) is 5.69 Å². The first-order chi connectivity index (χ1) is 9.72. The number of aromatic nitrogens is 1. The number of benzene rings is 1. The molecule has 2 heterocycles. The van der Waals surface area contributed by atoms with Crippen LogP contribution in [-0.2, 0) is 5.75 Å². The van der Waals surface area contributed by atoms with Crippen molar-refractivity contribution in [1.82, 2.24) is 5.16 Å². The number of thioether (sulfide) groups is 1. The zero-order chi connectivity index (χ0) is 13.9. The minimum absolute atomic E-state index is 0.753. The van der Waals surface area contributed by atoms with E-state index >= 15 is 0 Å². The molecular formula is C15H14N2OS2. The molecular weight excluding hydrogens is 288 g/mol. The summed E-state index contributed by atoms with van der Waals surface area (Å²) in [6.45, 7) is 2.06. The molecule has 3 rings (SSSR count). The molecule has 1 aromatic carbocycles. The zero-order valence-corrected chi connectivity index (χ0v) is 12.6. The van der Waals surface area contributed by atoms with Crippen molar-refractivity contribution in [3.8, 4) is 10.6 Å². The topological polar surface area (TPSA) is 52.0 Å². The van der Waals surface area contributed by atoms with Gasteiger partial charge < -0.3 is 10.3 Å². The summed E-state index contributed by atoms with van der Waals surface area (Å²) in [5.41, 5.74) is 8.92. The molecule has 0 spiro atoms. The van der Waals surface area contributed by atoms with Gasteiger partial charge in [0.1, 0.15) is 0 Å². The van der Waals surface area contributed by atoms with E-state index in [0.717, 1.165) is 32.7 Å². The lowest BCUT2D eigenvalue weighted by molar-refractivity contribution is 0.427. The first-order valence-corrected chi connectivity index (χ1v) is 8.07. The Morgan fingerprint density at radius 1 is 1.30 bits per heavy atom. The molecule has 0 aliphatic rings. The Balaban J connectivity index is 1.71. The average molecular weight is 302 g/mol. The summed E-state index contributed by atoms with van der Waals surface area (Å²) in [7, 11) is 0. The Morgan fingerprint density at radius 3 is 3.00 bits per heavy atom. The summed E-state index contributed by atoms with van der Waals surface area (Å²) in [5.74, 6) is 1.58. The Kier molecular flexibility index (Phi) is 3.80. The molecule has 0 saturated heterocycles. The standard InChI is InChI=1S/C15H14N2OS2/c1-10-4-5-12(16)15(7-10)20-9-11-8-13(18-17-11)14-3-2-6-19-14/h2-8H,9,16H2,1H3. The van der Waals surface area contributed by atoms with Crippen molar-refractivity contribution in [2.24, 2.45) is 0 Å². The van der Waals surface area contributed by atoms with Gasteiger partial charge in [0.05, 0.1) is 10.6 Å². The Hall–Kier alpha value is -1.72. The van der Waals surface area contributed by atoms with Gasteiger partial charge in [-0.1, -0.05) is 17.3 Å². The maximum atomic E-state index is 5.97. The number of rotatable bonds is 4. The third-order valence-corrected chi connectivity index (χ3v) is 4.86. The minimum atomic E-state index is 0.753. The van der Waals surface area contributed by atoms with Crippen LogP contribution in [0.15, 0.2) is 51.2 Å². The van der Waals surface area contributed by atoms with Crippen LogP contribution in [0.1, 0.15) is 11.3 Å². The lowest BCUT2D eigenvalue weighted by Crippen LogP contribution is -1.89. The van der Waals surface area contributed by atoms with Gasteiger partial charge in [-0.25, -0.2) is 0 Å². The maximum Gasteiger partial charge on any atom is 0.177 e. The SMILES string of the molecule is Cc1ccc(N)c(SCc2cc(-c3cccs3)on2)c1. The van der Waals surface area contributed by atoms with E-state index in [2.05, 4.69) is 18.1 Å². The average Bonchev–Trinajstić information content (AvgIpc) is 3.09. The number of anilines is 1. The van der Waals surface area contributed by atoms with E-state index in [1.54, 1.807) is 23.1 Å². The molecule has 2 aromatic heterocycles. The van der Waals surface area contributed by atoms with Gasteiger partial charge in [0.25, 0.3) is 0 Å². The molecule has 3 nitrogen and oxygen atoms in total. The molecule has 0 amide bonds. The third-order valence-electron chi connectivity index (χ3n) is 2.87. The lowest BCUT2D eigenvalue weighted by atomic mass is 10.2. The second-order valence-corrected chi connectivity index (χ2v) is 6.45. The van der Waals surface area contributed by atoms with Crippen LogP contribution in [0.2, 0.25) is 0 Å².